The maximum atomic E-state index is 11.1. The lowest BCUT2D eigenvalue weighted by molar-refractivity contribution is 0.219. The molecule has 2 rings (SSSR count). The summed E-state index contributed by atoms with van der Waals surface area (Å²) in [6.07, 6.45) is 2.08. The molecule has 0 spiro atoms. The number of H-pyrrole nitrogens is 1. The molecular formula is C10H15N3O2. The van der Waals surface area contributed by atoms with Gasteiger partial charge in [-0.15, -0.1) is 0 Å². The molecule has 1 aliphatic rings. The number of aliphatic hydroxyl groups is 1. The van der Waals surface area contributed by atoms with Gasteiger partial charge in [-0.1, -0.05) is 0 Å². The average molecular weight is 209 g/mol. The van der Waals surface area contributed by atoms with Crippen LogP contribution in [0.2, 0.25) is 0 Å². The van der Waals surface area contributed by atoms with Gasteiger partial charge in [0.25, 0.3) is 5.56 Å². The van der Waals surface area contributed by atoms with Gasteiger partial charge in [0.15, 0.2) is 0 Å². The summed E-state index contributed by atoms with van der Waals surface area (Å²) in [7, 11) is 0. The van der Waals surface area contributed by atoms with Crippen molar-refractivity contribution in [3.05, 3.63) is 22.2 Å². The Labute approximate surface area is 87.6 Å². The van der Waals surface area contributed by atoms with E-state index in [4.69, 9.17) is 5.11 Å². The first-order valence-corrected chi connectivity index (χ1v) is 5.06. The van der Waals surface area contributed by atoms with E-state index in [1.54, 1.807) is 6.92 Å². The van der Waals surface area contributed by atoms with Gasteiger partial charge in [-0.3, -0.25) is 4.79 Å². The zero-order valence-corrected chi connectivity index (χ0v) is 8.71. The number of nitrogens with one attached hydrogen (secondary N) is 2. The molecule has 1 saturated carbocycles. The molecule has 0 atom stereocenters. The number of rotatable bonds is 4. The number of aromatic nitrogens is 2. The highest BCUT2D eigenvalue weighted by Crippen LogP contribution is 2.44. The maximum absolute atomic E-state index is 11.1. The van der Waals surface area contributed by atoms with Crippen LogP contribution in [-0.2, 0) is 0 Å². The molecule has 1 aromatic rings. The fourth-order valence-electron chi connectivity index (χ4n) is 1.52. The normalized spacial score (nSPS) is 17.5. The summed E-state index contributed by atoms with van der Waals surface area (Å²) in [6.45, 7) is 2.62. The molecule has 0 bridgehead atoms. The zero-order valence-electron chi connectivity index (χ0n) is 8.71. The molecule has 0 amide bonds. The van der Waals surface area contributed by atoms with Gasteiger partial charge >= 0.3 is 0 Å². The molecule has 1 fully saturated rings. The Balaban J connectivity index is 2.02. The van der Waals surface area contributed by atoms with Crippen LogP contribution < -0.4 is 10.9 Å². The predicted octanol–water partition coefficient (Wildman–Crippen LogP) is 0.263. The third-order valence-electron chi connectivity index (χ3n) is 2.80. The van der Waals surface area contributed by atoms with Gasteiger partial charge in [-0.2, -0.15) is 0 Å². The number of anilines is 1. The fraction of sp³-hybridized carbons (Fsp3) is 0.600. The summed E-state index contributed by atoms with van der Waals surface area (Å²) in [5.41, 5.74) is -0.128. The van der Waals surface area contributed by atoms with Gasteiger partial charge in [0.2, 0.25) is 0 Å². The first-order chi connectivity index (χ1) is 7.13. The number of aromatic amines is 1. The van der Waals surface area contributed by atoms with Crippen LogP contribution in [0, 0.1) is 12.3 Å². The van der Waals surface area contributed by atoms with Crippen LogP contribution in [-0.4, -0.2) is 28.2 Å². The molecule has 82 valence electrons. The molecule has 5 heteroatoms. The van der Waals surface area contributed by atoms with E-state index in [-0.39, 0.29) is 17.6 Å². The van der Waals surface area contributed by atoms with E-state index in [0.717, 1.165) is 12.8 Å². The predicted molar refractivity (Wildman–Crippen MR) is 56.8 cm³/mol. The average Bonchev–Trinajstić information content (AvgIpc) is 2.94. The van der Waals surface area contributed by atoms with E-state index in [9.17, 15) is 4.79 Å². The monoisotopic (exact) mass is 209 g/mol. The molecule has 0 aliphatic heterocycles. The second-order valence-corrected chi connectivity index (χ2v) is 4.23. The van der Waals surface area contributed by atoms with Crippen molar-refractivity contribution in [3.63, 3.8) is 0 Å². The highest BCUT2D eigenvalue weighted by molar-refractivity contribution is 5.33. The number of hydrogen-bond acceptors (Lipinski definition) is 4. The lowest BCUT2D eigenvalue weighted by Crippen LogP contribution is -2.21. The minimum Gasteiger partial charge on any atom is -0.396 e. The van der Waals surface area contributed by atoms with Crippen molar-refractivity contribution in [2.45, 2.75) is 19.8 Å². The van der Waals surface area contributed by atoms with Crippen molar-refractivity contribution in [2.75, 3.05) is 18.5 Å². The lowest BCUT2D eigenvalue weighted by atomic mass is 10.1. The summed E-state index contributed by atoms with van der Waals surface area (Å²) in [6, 6.07) is 1.43. The number of hydrogen-bond donors (Lipinski definition) is 3. The summed E-state index contributed by atoms with van der Waals surface area (Å²) in [5, 5.41) is 12.2. The van der Waals surface area contributed by atoms with Gasteiger partial charge in [0.1, 0.15) is 11.6 Å². The van der Waals surface area contributed by atoms with Crippen LogP contribution in [0.5, 0.6) is 0 Å². The lowest BCUT2D eigenvalue weighted by Gasteiger charge is -2.12. The molecule has 0 unspecified atom stereocenters. The molecule has 0 aromatic carbocycles. The van der Waals surface area contributed by atoms with Gasteiger partial charge in [0.05, 0.1) is 6.61 Å². The quantitative estimate of drug-likeness (QED) is 0.664. The molecule has 1 aliphatic carbocycles. The van der Waals surface area contributed by atoms with Crippen molar-refractivity contribution >= 4 is 5.82 Å². The topological polar surface area (TPSA) is 78.0 Å². The Morgan fingerprint density at radius 3 is 2.93 bits per heavy atom. The van der Waals surface area contributed by atoms with Crippen molar-refractivity contribution in [1.29, 1.82) is 0 Å². The van der Waals surface area contributed by atoms with E-state index in [0.29, 0.717) is 18.2 Å². The SMILES string of the molecule is Cc1nc(NCC2(CO)CC2)cc(=O)[nH]1. The molecule has 1 aromatic heterocycles. The Kier molecular flexibility index (Phi) is 2.48. The molecular weight excluding hydrogens is 194 g/mol. The molecule has 0 saturated heterocycles. The largest absolute Gasteiger partial charge is 0.396 e. The Hall–Kier alpha value is -1.36. The first-order valence-electron chi connectivity index (χ1n) is 5.06. The second kappa shape index (κ2) is 3.66. The minimum atomic E-state index is -0.154. The molecule has 1 heterocycles. The van der Waals surface area contributed by atoms with E-state index in [2.05, 4.69) is 15.3 Å². The van der Waals surface area contributed by atoms with Crippen LogP contribution in [0.3, 0.4) is 0 Å². The van der Waals surface area contributed by atoms with Crippen LogP contribution in [0.15, 0.2) is 10.9 Å². The van der Waals surface area contributed by atoms with Crippen LogP contribution >= 0.6 is 0 Å². The van der Waals surface area contributed by atoms with Crippen LogP contribution in [0.25, 0.3) is 0 Å². The standard InChI is InChI=1S/C10H15N3O2/c1-7-12-8(4-9(15)13-7)11-5-10(6-14)2-3-10/h4,14H,2-3,5-6H2,1H3,(H2,11,12,13,15). The molecule has 5 nitrogen and oxygen atoms in total. The molecule has 15 heavy (non-hydrogen) atoms. The van der Waals surface area contributed by atoms with Crippen molar-refractivity contribution in [3.8, 4) is 0 Å². The highest BCUT2D eigenvalue weighted by Gasteiger charge is 2.41. The van der Waals surface area contributed by atoms with Crippen LogP contribution in [0.4, 0.5) is 5.82 Å². The molecule has 0 radical (unpaired) electrons. The van der Waals surface area contributed by atoms with E-state index < -0.39 is 0 Å². The minimum absolute atomic E-state index is 0.0260. The van der Waals surface area contributed by atoms with Gasteiger partial charge < -0.3 is 15.4 Å². The summed E-state index contributed by atoms with van der Waals surface area (Å²) >= 11 is 0. The van der Waals surface area contributed by atoms with E-state index >= 15 is 0 Å². The first kappa shape index (κ1) is 10.2. The van der Waals surface area contributed by atoms with E-state index in [1.165, 1.54) is 6.07 Å². The fourth-order valence-corrected chi connectivity index (χ4v) is 1.52. The van der Waals surface area contributed by atoms with Crippen molar-refractivity contribution < 1.29 is 5.11 Å². The summed E-state index contributed by atoms with van der Waals surface area (Å²) < 4.78 is 0. The second-order valence-electron chi connectivity index (χ2n) is 4.23. The Bertz CT molecular complexity index is 409. The van der Waals surface area contributed by atoms with Crippen molar-refractivity contribution in [2.24, 2.45) is 5.41 Å². The van der Waals surface area contributed by atoms with Crippen molar-refractivity contribution in [1.82, 2.24) is 9.97 Å². The van der Waals surface area contributed by atoms with E-state index in [1.807, 2.05) is 0 Å². The number of aryl methyl sites for hydroxylation is 1. The van der Waals surface area contributed by atoms with Gasteiger partial charge in [-0.25, -0.2) is 4.98 Å². The summed E-state index contributed by atoms with van der Waals surface area (Å²) in [5.74, 6) is 1.18. The summed E-state index contributed by atoms with van der Waals surface area (Å²) in [4.78, 5) is 17.9. The maximum Gasteiger partial charge on any atom is 0.252 e. The van der Waals surface area contributed by atoms with Crippen LogP contribution in [0.1, 0.15) is 18.7 Å². The smallest absolute Gasteiger partial charge is 0.252 e. The zero-order chi connectivity index (χ0) is 10.9. The number of aliphatic hydroxyl groups excluding tert-OH is 1. The Morgan fingerprint density at radius 1 is 1.67 bits per heavy atom. The highest BCUT2D eigenvalue weighted by atomic mass is 16.3. The third-order valence-corrected chi connectivity index (χ3v) is 2.80. The van der Waals surface area contributed by atoms with Gasteiger partial charge in [-0.05, 0) is 19.8 Å². The number of nitrogens with zero attached hydrogens (tertiary/aromatic N) is 1. The molecule has 3 N–H and O–H groups in total. The third kappa shape index (κ3) is 2.36. The van der Waals surface area contributed by atoms with Gasteiger partial charge in [0, 0.05) is 18.0 Å². The Morgan fingerprint density at radius 2 is 2.40 bits per heavy atom.